The first-order valence-corrected chi connectivity index (χ1v) is 20.4. The van der Waals surface area contributed by atoms with Gasteiger partial charge in [-0.3, -0.25) is 0 Å². The van der Waals surface area contributed by atoms with Crippen molar-refractivity contribution >= 4 is 43.5 Å². The third-order valence-corrected chi connectivity index (χ3v) is 12.7. The maximum Gasteiger partial charge on any atom is 0.132 e. The zero-order valence-electron chi connectivity index (χ0n) is 32.3. The summed E-state index contributed by atoms with van der Waals surface area (Å²) in [6.07, 6.45) is 0. The second-order valence-corrected chi connectivity index (χ2v) is 15.9. The fraction of sp³-hybridized carbons (Fsp3) is 0.0179. The smallest absolute Gasteiger partial charge is 0.132 e. The van der Waals surface area contributed by atoms with Crippen molar-refractivity contribution in [3.8, 4) is 56.4 Å². The fourth-order valence-electron chi connectivity index (χ4n) is 10.0. The normalized spacial score (nSPS) is 13.3. The van der Waals surface area contributed by atoms with Crippen LogP contribution < -0.4 is 4.74 Å². The van der Waals surface area contributed by atoms with Crippen molar-refractivity contribution in [2.75, 3.05) is 0 Å². The minimum Gasteiger partial charge on any atom is -0.457 e. The summed E-state index contributed by atoms with van der Waals surface area (Å²) in [4.78, 5) is 16.0. The van der Waals surface area contributed by atoms with Crippen molar-refractivity contribution < 1.29 is 4.74 Å². The number of rotatable bonds is 3. The van der Waals surface area contributed by atoms with Crippen LogP contribution in [0.4, 0.5) is 0 Å². The molecule has 8 aromatic carbocycles. The lowest BCUT2D eigenvalue weighted by molar-refractivity contribution is 0.437. The molecule has 0 bridgehead atoms. The molecule has 0 N–H and O–H groups in total. The molecule has 1 aliphatic heterocycles. The van der Waals surface area contributed by atoms with Crippen molar-refractivity contribution in [1.29, 1.82) is 0 Å². The van der Waals surface area contributed by atoms with Crippen molar-refractivity contribution in [2.45, 2.75) is 5.41 Å². The molecule has 0 unspecified atom stereocenters. The van der Waals surface area contributed by atoms with Gasteiger partial charge in [0.25, 0.3) is 0 Å². The van der Waals surface area contributed by atoms with Crippen LogP contribution in [0.3, 0.4) is 0 Å². The second kappa shape index (κ2) is 12.5. The van der Waals surface area contributed by atoms with E-state index in [9.17, 15) is 0 Å². The number of para-hydroxylation sites is 1. The number of hydrogen-bond donors (Lipinski definition) is 0. The van der Waals surface area contributed by atoms with E-state index in [1.54, 1.807) is 0 Å². The van der Waals surface area contributed by atoms with E-state index >= 15 is 0 Å². The third-order valence-electron chi connectivity index (χ3n) is 12.7. The summed E-state index contributed by atoms with van der Waals surface area (Å²) in [6.45, 7) is 0. The highest BCUT2D eigenvalue weighted by Gasteiger charge is 2.51. The van der Waals surface area contributed by atoms with E-state index in [0.717, 1.165) is 99.9 Å². The summed E-state index contributed by atoms with van der Waals surface area (Å²) in [5.74, 6) is 1.72. The molecule has 2 aliphatic rings. The van der Waals surface area contributed by atoms with E-state index in [-0.39, 0.29) is 0 Å². The van der Waals surface area contributed by atoms with Crippen LogP contribution >= 0.6 is 0 Å². The Labute approximate surface area is 346 Å². The summed E-state index contributed by atoms with van der Waals surface area (Å²) in [5.41, 5.74) is 15.3. The average Bonchev–Trinajstić information content (AvgIpc) is 3.61. The molecule has 13 rings (SSSR count). The molecule has 0 fully saturated rings. The molecule has 1 aliphatic carbocycles. The molecular formula is C56H33N3O. The minimum atomic E-state index is -0.581. The lowest BCUT2D eigenvalue weighted by atomic mass is 9.65. The van der Waals surface area contributed by atoms with Gasteiger partial charge in [0.05, 0.1) is 39.0 Å². The third kappa shape index (κ3) is 4.64. The number of pyridine rings is 3. The molecule has 3 aromatic heterocycles. The largest absolute Gasteiger partial charge is 0.457 e. The van der Waals surface area contributed by atoms with Gasteiger partial charge in [0.1, 0.15) is 11.5 Å². The Bertz CT molecular complexity index is 3530. The number of nitrogens with zero attached hydrogens (tertiary/aromatic N) is 3. The van der Waals surface area contributed by atoms with E-state index in [0.29, 0.717) is 0 Å². The Morgan fingerprint density at radius 1 is 0.350 bits per heavy atom. The average molecular weight is 764 g/mol. The van der Waals surface area contributed by atoms with Crippen molar-refractivity contribution in [2.24, 2.45) is 0 Å². The summed E-state index contributed by atoms with van der Waals surface area (Å²) >= 11 is 0. The van der Waals surface area contributed by atoms with Gasteiger partial charge in [-0.15, -0.1) is 0 Å². The summed E-state index contributed by atoms with van der Waals surface area (Å²) in [6, 6.07) is 71.1. The molecule has 4 heteroatoms. The minimum absolute atomic E-state index is 0.581. The highest BCUT2D eigenvalue weighted by Crippen LogP contribution is 2.62. The van der Waals surface area contributed by atoms with Gasteiger partial charge in [-0.2, -0.15) is 0 Å². The van der Waals surface area contributed by atoms with Gasteiger partial charge in [0.15, 0.2) is 0 Å². The predicted molar refractivity (Wildman–Crippen MR) is 244 cm³/mol. The molecule has 0 radical (unpaired) electrons. The zero-order valence-corrected chi connectivity index (χ0v) is 32.3. The van der Waals surface area contributed by atoms with E-state index in [2.05, 4.69) is 182 Å². The highest BCUT2D eigenvalue weighted by atomic mass is 16.5. The quantitative estimate of drug-likeness (QED) is 0.168. The number of benzene rings is 8. The maximum atomic E-state index is 7.00. The summed E-state index contributed by atoms with van der Waals surface area (Å²) in [5, 5.41) is 5.30. The fourth-order valence-corrected chi connectivity index (χ4v) is 10.0. The van der Waals surface area contributed by atoms with E-state index < -0.39 is 5.41 Å². The highest BCUT2D eigenvalue weighted by molar-refractivity contribution is 6.13. The van der Waals surface area contributed by atoms with Crippen LogP contribution in [0.25, 0.3) is 88.4 Å². The topological polar surface area (TPSA) is 47.9 Å². The van der Waals surface area contributed by atoms with Crippen molar-refractivity contribution in [1.82, 2.24) is 15.0 Å². The molecule has 11 aromatic rings. The van der Waals surface area contributed by atoms with Crippen LogP contribution in [0.1, 0.15) is 22.3 Å². The second-order valence-electron chi connectivity index (χ2n) is 15.9. The first-order valence-electron chi connectivity index (χ1n) is 20.4. The molecule has 1 spiro atoms. The van der Waals surface area contributed by atoms with Crippen LogP contribution in [-0.4, -0.2) is 15.0 Å². The first kappa shape index (κ1) is 33.1. The molecule has 0 atom stereocenters. The predicted octanol–water partition coefficient (Wildman–Crippen LogP) is 14.0. The van der Waals surface area contributed by atoms with Gasteiger partial charge < -0.3 is 4.74 Å². The van der Waals surface area contributed by atoms with Crippen LogP contribution in [0.15, 0.2) is 200 Å². The number of aromatic nitrogens is 3. The molecule has 60 heavy (non-hydrogen) atoms. The summed E-state index contributed by atoms with van der Waals surface area (Å²) in [7, 11) is 0. The lowest BCUT2D eigenvalue weighted by Crippen LogP contribution is -2.32. The van der Waals surface area contributed by atoms with Crippen molar-refractivity contribution in [3.05, 3.63) is 222 Å². The number of hydrogen-bond acceptors (Lipinski definition) is 4. The van der Waals surface area contributed by atoms with E-state index in [1.165, 1.54) is 22.3 Å². The molecule has 0 amide bonds. The zero-order chi connectivity index (χ0) is 39.4. The van der Waals surface area contributed by atoms with Gasteiger partial charge in [0.2, 0.25) is 0 Å². The van der Waals surface area contributed by atoms with Crippen LogP contribution in [0.2, 0.25) is 0 Å². The van der Waals surface area contributed by atoms with Gasteiger partial charge in [-0.1, -0.05) is 158 Å². The Morgan fingerprint density at radius 3 is 1.60 bits per heavy atom. The number of ether oxygens (including phenoxy) is 1. The first-order chi connectivity index (χ1) is 29.7. The van der Waals surface area contributed by atoms with Crippen molar-refractivity contribution in [3.63, 3.8) is 0 Å². The van der Waals surface area contributed by atoms with Gasteiger partial charge in [-0.25, -0.2) is 15.0 Å². The van der Waals surface area contributed by atoms with Gasteiger partial charge in [-0.05, 0) is 70.1 Å². The monoisotopic (exact) mass is 763 g/mol. The van der Waals surface area contributed by atoms with Crippen LogP contribution in [0.5, 0.6) is 11.5 Å². The van der Waals surface area contributed by atoms with Crippen LogP contribution in [0, 0.1) is 0 Å². The molecular weight excluding hydrogens is 731 g/mol. The van der Waals surface area contributed by atoms with E-state index in [1.807, 2.05) is 18.2 Å². The molecule has 278 valence electrons. The molecule has 4 nitrogen and oxygen atoms in total. The summed E-state index contributed by atoms with van der Waals surface area (Å²) < 4.78 is 7.00. The van der Waals surface area contributed by atoms with Gasteiger partial charge >= 0.3 is 0 Å². The Hall–Kier alpha value is -7.95. The maximum absolute atomic E-state index is 7.00. The lowest BCUT2D eigenvalue weighted by Gasteiger charge is -2.39. The Kier molecular flexibility index (Phi) is 6.90. The van der Waals surface area contributed by atoms with Crippen LogP contribution in [-0.2, 0) is 5.41 Å². The molecule has 0 saturated carbocycles. The molecule has 0 saturated heterocycles. The number of fused-ring (bicyclic) bond motifs is 15. The van der Waals surface area contributed by atoms with Gasteiger partial charge in [0, 0.05) is 49.4 Å². The van der Waals surface area contributed by atoms with E-state index in [4.69, 9.17) is 19.7 Å². The molecule has 4 heterocycles. The Balaban J connectivity index is 1.07. The Morgan fingerprint density at radius 2 is 0.917 bits per heavy atom. The standard InChI is InChI=1S/C56H33N3O/c1-3-13-34(14-4-1)48-28-25-36-23-24-37-26-29-49(58-55(37)54(36)57-48)38-27-30-50-42(31-38)41-33-52-47(32-43(41)53(59-50)35-15-5-2-6-16-35)56(46-21-11-12-22-51(46)60-52)44-19-9-7-17-39(44)40-18-8-10-20-45(40)56/h1-33H. The SMILES string of the molecule is c1ccc(-c2ccc3ccc4ccc(-c5ccc6nc(-c7ccccc7)c7cc8c(cc7c6c5)Oc5ccccc5C85c6ccccc6-c6ccccc65)nc4c3n2)cc1.